The van der Waals surface area contributed by atoms with Crippen LogP contribution < -0.4 is 0 Å². The van der Waals surface area contributed by atoms with Crippen molar-refractivity contribution in [3.05, 3.63) is 28.6 Å². The summed E-state index contributed by atoms with van der Waals surface area (Å²) < 4.78 is 0. The number of aryl methyl sites for hydroxylation is 2. The van der Waals surface area contributed by atoms with Gasteiger partial charge in [0.05, 0.1) is 0 Å². The smallest absolute Gasteiger partial charge is 0.123 e. The number of pyridine rings is 1. The Balaban J connectivity index is 2.49. The van der Waals surface area contributed by atoms with E-state index >= 15 is 0 Å². The van der Waals surface area contributed by atoms with Gasteiger partial charge in [-0.25, -0.2) is 0 Å². The zero-order chi connectivity index (χ0) is 9.42. The Bertz CT molecular complexity index is 326. The summed E-state index contributed by atoms with van der Waals surface area (Å²) in [4.78, 5) is 15.0. The van der Waals surface area contributed by atoms with Gasteiger partial charge in [0.25, 0.3) is 0 Å². The first-order valence-electron chi connectivity index (χ1n) is 4.61. The number of carbonyl (C=O) groups excluding carboxylic acids is 1. The molecule has 1 atom stereocenters. The highest BCUT2D eigenvalue weighted by atomic mass is 16.1. The lowest BCUT2D eigenvalue weighted by molar-refractivity contribution is -0.110. The van der Waals surface area contributed by atoms with E-state index in [9.17, 15) is 4.79 Å². The first kappa shape index (κ1) is 8.42. The Kier molecular flexibility index (Phi) is 1.91. The molecule has 2 heteroatoms. The summed E-state index contributed by atoms with van der Waals surface area (Å²) in [5, 5.41) is 0. The third-order valence-electron chi connectivity index (χ3n) is 2.85. The number of hydrogen-bond acceptors (Lipinski definition) is 2. The monoisotopic (exact) mass is 175 g/mol. The first-order valence-corrected chi connectivity index (χ1v) is 4.61. The van der Waals surface area contributed by atoms with Gasteiger partial charge in [-0.05, 0) is 43.4 Å². The maximum Gasteiger partial charge on any atom is 0.123 e. The molecule has 1 heterocycles. The summed E-state index contributed by atoms with van der Waals surface area (Å²) >= 11 is 0. The van der Waals surface area contributed by atoms with Crippen LogP contribution >= 0.6 is 0 Å². The van der Waals surface area contributed by atoms with Gasteiger partial charge in [0.1, 0.15) is 6.29 Å². The summed E-state index contributed by atoms with van der Waals surface area (Å²) in [5.41, 5.74) is 4.97. The minimum absolute atomic E-state index is 0.191. The Morgan fingerprint density at radius 2 is 2.08 bits per heavy atom. The predicted molar refractivity (Wildman–Crippen MR) is 50.7 cm³/mol. The summed E-state index contributed by atoms with van der Waals surface area (Å²) in [6.07, 6.45) is 4.77. The Labute approximate surface area is 78.0 Å². The summed E-state index contributed by atoms with van der Waals surface area (Å²) in [6, 6.07) is 0. The number of aromatic nitrogens is 1. The molecule has 1 aromatic rings. The lowest BCUT2D eigenvalue weighted by Gasteiger charge is -2.04. The molecule has 0 aromatic carbocycles. The third kappa shape index (κ3) is 1.26. The van der Waals surface area contributed by atoms with Crippen molar-refractivity contribution in [1.82, 2.24) is 4.98 Å². The molecule has 1 aliphatic carbocycles. The molecule has 0 fully saturated rings. The fourth-order valence-corrected chi connectivity index (χ4v) is 2.05. The van der Waals surface area contributed by atoms with Gasteiger partial charge in [0.2, 0.25) is 0 Å². The van der Waals surface area contributed by atoms with Gasteiger partial charge in [0, 0.05) is 17.8 Å². The van der Waals surface area contributed by atoms with Gasteiger partial charge in [-0.15, -0.1) is 0 Å². The van der Waals surface area contributed by atoms with Crippen LogP contribution in [0.5, 0.6) is 0 Å². The molecule has 0 amide bonds. The van der Waals surface area contributed by atoms with E-state index in [1.807, 2.05) is 13.1 Å². The number of fused-ring (bicyclic) bond motifs is 1. The Morgan fingerprint density at radius 3 is 2.69 bits per heavy atom. The molecule has 0 N–H and O–H groups in total. The molecule has 0 radical (unpaired) electrons. The summed E-state index contributed by atoms with van der Waals surface area (Å²) in [5.74, 6) is 0.191. The van der Waals surface area contributed by atoms with Crippen LogP contribution in [0, 0.1) is 19.8 Å². The van der Waals surface area contributed by atoms with Crippen molar-refractivity contribution in [2.45, 2.75) is 26.7 Å². The van der Waals surface area contributed by atoms with Crippen molar-refractivity contribution >= 4 is 6.29 Å². The van der Waals surface area contributed by atoms with Gasteiger partial charge >= 0.3 is 0 Å². The van der Waals surface area contributed by atoms with Crippen LogP contribution in [-0.4, -0.2) is 11.3 Å². The van der Waals surface area contributed by atoms with Gasteiger partial charge in [0.15, 0.2) is 0 Å². The van der Waals surface area contributed by atoms with E-state index in [1.165, 1.54) is 16.7 Å². The SMILES string of the molecule is Cc1cnc(C)c2c1CC(C=O)C2. The molecular weight excluding hydrogens is 162 g/mol. The molecular formula is C11H13NO. The molecule has 0 saturated heterocycles. The average Bonchev–Trinajstić information content (AvgIpc) is 2.56. The van der Waals surface area contributed by atoms with E-state index in [1.54, 1.807) is 0 Å². The molecule has 1 aromatic heterocycles. The maximum absolute atomic E-state index is 10.7. The van der Waals surface area contributed by atoms with E-state index in [0.29, 0.717) is 0 Å². The molecule has 1 aliphatic rings. The van der Waals surface area contributed by atoms with Crippen LogP contribution in [0.1, 0.15) is 22.4 Å². The third-order valence-corrected chi connectivity index (χ3v) is 2.85. The normalized spacial score (nSPS) is 20.0. The van der Waals surface area contributed by atoms with Gasteiger partial charge in [-0.3, -0.25) is 4.98 Å². The maximum atomic E-state index is 10.7. The Hall–Kier alpha value is -1.18. The quantitative estimate of drug-likeness (QED) is 0.607. The fraction of sp³-hybridized carbons (Fsp3) is 0.455. The van der Waals surface area contributed by atoms with Crippen molar-refractivity contribution in [1.29, 1.82) is 0 Å². The number of carbonyl (C=O) groups is 1. The second kappa shape index (κ2) is 2.95. The minimum atomic E-state index is 0.191. The molecule has 68 valence electrons. The van der Waals surface area contributed by atoms with Crippen LogP contribution in [0.4, 0.5) is 0 Å². The molecule has 13 heavy (non-hydrogen) atoms. The van der Waals surface area contributed by atoms with Crippen LogP contribution in [0.3, 0.4) is 0 Å². The van der Waals surface area contributed by atoms with Crippen LogP contribution in [0.2, 0.25) is 0 Å². The fourth-order valence-electron chi connectivity index (χ4n) is 2.05. The number of nitrogens with zero attached hydrogens (tertiary/aromatic N) is 1. The number of hydrogen-bond donors (Lipinski definition) is 0. The van der Waals surface area contributed by atoms with Gasteiger partial charge in [-0.1, -0.05) is 0 Å². The Morgan fingerprint density at radius 1 is 1.38 bits per heavy atom. The van der Waals surface area contributed by atoms with Crippen molar-refractivity contribution in [2.24, 2.45) is 5.92 Å². The van der Waals surface area contributed by atoms with E-state index in [2.05, 4.69) is 11.9 Å². The highest BCUT2D eigenvalue weighted by Gasteiger charge is 2.24. The summed E-state index contributed by atoms with van der Waals surface area (Å²) in [7, 11) is 0. The van der Waals surface area contributed by atoms with Crippen molar-refractivity contribution in [3.63, 3.8) is 0 Å². The van der Waals surface area contributed by atoms with Crippen molar-refractivity contribution in [2.75, 3.05) is 0 Å². The van der Waals surface area contributed by atoms with Crippen molar-refractivity contribution in [3.8, 4) is 0 Å². The number of rotatable bonds is 1. The number of aldehydes is 1. The van der Waals surface area contributed by atoms with Crippen LogP contribution in [-0.2, 0) is 17.6 Å². The molecule has 0 bridgehead atoms. The zero-order valence-electron chi connectivity index (χ0n) is 8.00. The summed E-state index contributed by atoms with van der Waals surface area (Å²) in [6.45, 7) is 4.09. The van der Waals surface area contributed by atoms with E-state index in [0.717, 1.165) is 24.8 Å². The minimum Gasteiger partial charge on any atom is -0.303 e. The molecule has 0 aliphatic heterocycles. The first-order chi connectivity index (χ1) is 6.22. The standard InChI is InChI=1S/C11H13NO/c1-7-5-12-8(2)11-4-9(6-13)3-10(7)11/h5-6,9H,3-4H2,1-2H3. The predicted octanol–water partition coefficient (Wildman–Crippen LogP) is 1.61. The molecule has 2 nitrogen and oxygen atoms in total. The topological polar surface area (TPSA) is 30.0 Å². The van der Waals surface area contributed by atoms with Crippen LogP contribution in [0.25, 0.3) is 0 Å². The molecule has 2 rings (SSSR count). The van der Waals surface area contributed by atoms with Gasteiger partial charge in [-0.2, -0.15) is 0 Å². The molecule has 0 spiro atoms. The lowest BCUT2D eigenvalue weighted by Crippen LogP contribution is -1.99. The molecule has 1 unspecified atom stereocenters. The van der Waals surface area contributed by atoms with Crippen molar-refractivity contribution < 1.29 is 4.79 Å². The van der Waals surface area contributed by atoms with Crippen LogP contribution in [0.15, 0.2) is 6.20 Å². The highest BCUT2D eigenvalue weighted by Crippen LogP contribution is 2.29. The largest absolute Gasteiger partial charge is 0.303 e. The van der Waals surface area contributed by atoms with E-state index in [-0.39, 0.29) is 5.92 Å². The molecule has 0 saturated carbocycles. The highest BCUT2D eigenvalue weighted by molar-refractivity contribution is 5.59. The average molecular weight is 175 g/mol. The zero-order valence-corrected chi connectivity index (χ0v) is 8.00. The van der Waals surface area contributed by atoms with E-state index in [4.69, 9.17) is 0 Å². The van der Waals surface area contributed by atoms with Gasteiger partial charge < -0.3 is 4.79 Å². The second-order valence-corrected chi connectivity index (χ2v) is 3.79. The lowest BCUT2D eigenvalue weighted by atomic mass is 10.1. The second-order valence-electron chi connectivity index (χ2n) is 3.79. The van der Waals surface area contributed by atoms with E-state index < -0.39 is 0 Å².